The summed E-state index contributed by atoms with van der Waals surface area (Å²) >= 11 is 12.4. The molecule has 0 spiro atoms. The summed E-state index contributed by atoms with van der Waals surface area (Å²) in [6.07, 6.45) is 2.70. The lowest BCUT2D eigenvalue weighted by molar-refractivity contribution is 0.0993. The van der Waals surface area contributed by atoms with Gasteiger partial charge in [-0.05, 0) is 43.7 Å². The number of aryl methyl sites for hydroxylation is 1. The number of amides is 1. The molecular formula is C27H25Cl2N5O4. The van der Waals surface area contributed by atoms with Gasteiger partial charge in [-0.1, -0.05) is 35.3 Å². The number of hydrogen-bond donors (Lipinski definition) is 0. The highest BCUT2D eigenvalue weighted by molar-refractivity contribution is 6.31. The van der Waals surface area contributed by atoms with E-state index in [2.05, 4.69) is 9.97 Å². The number of fused-ring (bicyclic) bond motifs is 1. The van der Waals surface area contributed by atoms with E-state index in [-0.39, 0.29) is 22.2 Å². The Bertz CT molecular complexity index is 1790. The molecule has 0 fully saturated rings. The number of pyridine rings is 1. The average Bonchev–Trinajstić information content (AvgIpc) is 3.41. The molecule has 3 aromatic heterocycles. The Balaban J connectivity index is 1.76. The van der Waals surface area contributed by atoms with Crippen LogP contribution in [0.3, 0.4) is 0 Å². The zero-order valence-corrected chi connectivity index (χ0v) is 21.9. The van der Waals surface area contributed by atoms with E-state index < -0.39 is 43.5 Å². The molecule has 1 aliphatic rings. The van der Waals surface area contributed by atoms with Gasteiger partial charge < -0.3 is 18.6 Å². The Morgan fingerprint density at radius 1 is 1.05 bits per heavy atom. The summed E-state index contributed by atoms with van der Waals surface area (Å²) in [6.45, 7) is 3.74. The van der Waals surface area contributed by atoms with E-state index in [1.807, 2.05) is 18.4 Å². The first kappa shape index (κ1) is 19.3. The normalized spacial score (nSPS) is 17.8. The Morgan fingerprint density at radius 3 is 2.45 bits per heavy atom. The molecular weight excluding hydrogens is 529 g/mol. The van der Waals surface area contributed by atoms with Crippen LogP contribution in [0.5, 0.6) is 11.9 Å². The molecule has 1 aromatic carbocycles. The van der Waals surface area contributed by atoms with Crippen molar-refractivity contribution in [2.45, 2.75) is 25.9 Å². The standard InChI is InChI=1S/C27H25Cl2N5O4/c1-14(2)33-21(19-12-30-27(38-5)31-24(19)37-4)11-18-23(33)22(15-6-8-16(28)9-7-15)34(25(18)35)17-10-20(29)26(36)32(3)13-17/h6-14,22H,1-5H3/t22-/m0/s1/i4D3,5D3. The second-order valence-electron chi connectivity index (χ2n) is 8.96. The molecule has 0 saturated heterocycles. The second kappa shape index (κ2) is 9.81. The first-order valence-electron chi connectivity index (χ1n) is 14.4. The van der Waals surface area contributed by atoms with Crippen LogP contribution in [0, 0.1) is 0 Å². The van der Waals surface area contributed by atoms with Crippen LogP contribution in [-0.2, 0) is 7.05 Å². The third-order valence-electron chi connectivity index (χ3n) is 6.34. The minimum atomic E-state index is -2.96. The molecule has 4 aromatic rings. The van der Waals surface area contributed by atoms with Crippen molar-refractivity contribution in [2.24, 2.45) is 7.05 Å². The highest BCUT2D eigenvalue weighted by Crippen LogP contribution is 2.47. The van der Waals surface area contributed by atoms with Crippen LogP contribution in [0.15, 0.2) is 53.6 Å². The third-order valence-corrected chi connectivity index (χ3v) is 6.87. The van der Waals surface area contributed by atoms with Crippen LogP contribution in [0.2, 0.25) is 10.0 Å². The number of ether oxygens (including phenoxy) is 2. The fourth-order valence-electron chi connectivity index (χ4n) is 4.78. The summed E-state index contributed by atoms with van der Waals surface area (Å²) in [5.41, 5.74) is 1.89. The third kappa shape index (κ3) is 4.12. The van der Waals surface area contributed by atoms with Gasteiger partial charge in [0.25, 0.3) is 11.5 Å². The van der Waals surface area contributed by atoms with Crippen molar-refractivity contribution in [2.75, 3.05) is 19.0 Å². The minimum absolute atomic E-state index is 0.0698. The maximum Gasteiger partial charge on any atom is 0.319 e. The van der Waals surface area contributed by atoms with Gasteiger partial charge in [0.15, 0.2) is 0 Å². The Morgan fingerprint density at radius 2 is 1.79 bits per heavy atom. The maximum absolute atomic E-state index is 14.2. The molecule has 1 atom stereocenters. The van der Waals surface area contributed by atoms with Crippen LogP contribution < -0.4 is 19.9 Å². The lowest BCUT2D eigenvalue weighted by Crippen LogP contribution is -2.31. The number of benzene rings is 1. The molecule has 11 heteroatoms. The zero-order chi connectivity index (χ0) is 32.3. The molecule has 0 radical (unpaired) electrons. The molecule has 0 aliphatic carbocycles. The monoisotopic (exact) mass is 559 g/mol. The summed E-state index contributed by atoms with van der Waals surface area (Å²) in [7, 11) is -4.33. The first-order chi connectivity index (χ1) is 20.4. The minimum Gasteiger partial charge on any atom is -0.480 e. The van der Waals surface area contributed by atoms with Crippen LogP contribution in [0.1, 0.15) is 55.8 Å². The van der Waals surface area contributed by atoms with Crippen molar-refractivity contribution in [3.63, 3.8) is 0 Å². The number of anilines is 1. The van der Waals surface area contributed by atoms with Gasteiger partial charge in [-0.3, -0.25) is 14.5 Å². The largest absolute Gasteiger partial charge is 0.480 e. The summed E-state index contributed by atoms with van der Waals surface area (Å²) in [5, 5.41) is 0.414. The van der Waals surface area contributed by atoms with Crippen molar-refractivity contribution >= 4 is 34.8 Å². The van der Waals surface area contributed by atoms with Crippen molar-refractivity contribution in [1.29, 1.82) is 0 Å². The number of carbonyl (C=O) groups is 1. The van der Waals surface area contributed by atoms with E-state index in [1.54, 1.807) is 30.3 Å². The van der Waals surface area contributed by atoms with Gasteiger partial charge in [0.05, 0.1) is 50.5 Å². The lowest BCUT2D eigenvalue weighted by Gasteiger charge is -2.29. The average molecular weight is 560 g/mol. The van der Waals surface area contributed by atoms with Gasteiger partial charge in [-0.25, -0.2) is 4.98 Å². The second-order valence-corrected chi connectivity index (χ2v) is 9.80. The molecule has 0 saturated carbocycles. The first-order valence-corrected chi connectivity index (χ1v) is 12.2. The van der Waals surface area contributed by atoms with Crippen LogP contribution >= 0.6 is 23.2 Å². The molecule has 4 heterocycles. The van der Waals surface area contributed by atoms with E-state index in [9.17, 15) is 9.59 Å². The van der Waals surface area contributed by atoms with E-state index in [0.29, 0.717) is 27.7 Å². The molecule has 0 bridgehead atoms. The molecule has 5 rings (SSSR count). The topological polar surface area (TPSA) is 91.5 Å². The van der Waals surface area contributed by atoms with Gasteiger partial charge >= 0.3 is 6.01 Å². The lowest BCUT2D eigenvalue weighted by atomic mass is 10.0. The maximum atomic E-state index is 14.2. The summed E-state index contributed by atoms with van der Waals surface area (Å²) in [5.74, 6) is -0.883. The number of methoxy groups -OCH3 is 2. The van der Waals surface area contributed by atoms with Crippen LogP contribution in [-0.4, -0.2) is 39.1 Å². The molecule has 38 heavy (non-hydrogen) atoms. The summed E-state index contributed by atoms with van der Waals surface area (Å²) < 4.78 is 58.1. The molecule has 0 unspecified atom stereocenters. The molecule has 1 aliphatic heterocycles. The van der Waals surface area contributed by atoms with Crippen LogP contribution in [0.4, 0.5) is 5.69 Å². The van der Waals surface area contributed by atoms with Gasteiger partial charge in [0, 0.05) is 30.5 Å². The van der Waals surface area contributed by atoms with Gasteiger partial charge in [0.2, 0.25) is 5.88 Å². The number of hydrogen-bond acceptors (Lipinski definition) is 6. The predicted molar refractivity (Wildman–Crippen MR) is 146 cm³/mol. The van der Waals surface area contributed by atoms with Gasteiger partial charge in [-0.15, -0.1) is 0 Å². The highest BCUT2D eigenvalue weighted by atomic mass is 35.5. The van der Waals surface area contributed by atoms with Crippen molar-refractivity contribution in [1.82, 2.24) is 19.1 Å². The van der Waals surface area contributed by atoms with E-state index in [1.165, 1.54) is 35.0 Å². The number of carbonyl (C=O) groups excluding carboxylic acids is 1. The smallest absolute Gasteiger partial charge is 0.319 e. The SMILES string of the molecule is [2H]C([2H])([2H])Oc1ncc(-c2cc3c(n2C(C)C)[C@H](c2ccc(Cl)cc2)N(c2cc(Cl)c(=O)n(C)c2)C3=O)c(OC([2H])([2H])[2H])n1. The molecule has 0 N–H and O–H groups in total. The fraction of sp³-hybridized carbons (Fsp3) is 0.259. The van der Waals surface area contributed by atoms with E-state index in [0.717, 1.165) is 0 Å². The Hall–Kier alpha value is -3.82. The predicted octanol–water partition coefficient (Wildman–Crippen LogP) is 5.30. The quantitative estimate of drug-likeness (QED) is 0.318. The van der Waals surface area contributed by atoms with E-state index in [4.69, 9.17) is 40.9 Å². The number of nitrogens with zero attached hydrogens (tertiary/aromatic N) is 5. The van der Waals surface area contributed by atoms with Crippen molar-refractivity contribution in [3.8, 4) is 23.1 Å². The molecule has 196 valence electrons. The van der Waals surface area contributed by atoms with E-state index >= 15 is 0 Å². The van der Waals surface area contributed by atoms with Crippen molar-refractivity contribution < 1.29 is 22.5 Å². The zero-order valence-electron chi connectivity index (χ0n) is 26.4. The Labute approximate surface area is 237 Å². The highest BCUT2D eigenvalue weighted by Gasteiger charge is 2.43. The molecule has 1 amide bonds. The van der Waals surface area contributed by atoms with Crippen LogP contribution in [0.25, 0.3) is 11.3 Å². The van der Waals surface area contributed by atoms with Crippen molar-refractivity contribution in [3.05, 3.63) is 86.0 Å². The number of halogens is 2. The van der Waals surface area contributed by atoms with Gasteiger partial charge in [-0.2, -0.15) is 4.98 Å². The van der Waals surface area contributed by atoms with Gasteiger partial charge in [0.1, 0.15) is 11.1 Å². The summed E-state index contributed by atoms with van der Waals surface area (Å²) in [4.78, 5) is 36.0. The fourth-order valence-corrected chi connectivity index (χ4v) is 5.15. The number of aromatic nitrogens is 4. The number of rotatable bonds is 6. The molecule has 9 nitrogen and oxygen atoms in total. The summed E-state index contributed by atoms with van der Waals surface area (Å²) in [6, 6.07) is 8.27. The Kier molecular flexibility index (Phi) is 4.98.